The van der Waals surface area contributed by atoms with Gasteiger partial charge in [-0.2, -0.15) is 0 Å². The molecule has 1 rings (SSSR count). The zero-order valence-corrected chi connectivity index (χ0v) is 11.3. The van der Waals surface area contributed by atoms with Crippen LogP contribution in [0.3, 0.4) is 0 Å². The number of alkyl halides is 2. The van der Waals surface area contributed by atoms with E-state index in [2.05, 4.69) is 0 Å². The lowest BCUT2D eigenvalue weighted by Gasteiger charge is -2.28. The van der Waals surface area contributed by atoms with Gasteiger partial charge in [-0.15, -0.1) is 0 Å². The fraction of sp³-hybridized carbons (Fsp3) is 0.429. The molecule has 1 unspecified atom stereocenters. The molecule has 0 radical (unpaired) electrons. The van der Waals surface area contributed by atoms with Gasteiger partial charge in [-0.1, -0.05) is 31.2 Å². The number of hydrogen-bond acceptors (Lipinski definition) is 2. The third-order valence-electron chi connectivity index (χ3n) is 2.92. The number of carboxylic acids is 1. The van der Waals surface area contributed by atoms with Crippen LogP contribution in [-0.4, -0.2) is 28.4 Å². The van der Waals surface area contributed by atoms with Gasteiger partial charge in [0, 0.05) is 19.0 Å². The number of carbonyl (C=O) groups excluding carboxylic acids is 1. The summed E-state index contributed by atoms with van der Waals surface area (Å²) in [4.78, 5) is 24.2. The summed E-state index contributed by atoms with van der Waals surface area (Å²) < 4.78 is 25.0. The summed E-state index contributed by atoms with van der Waals surface area (Å²) in [5.74, 6) is -1.55. The molecule has 20 heavy (non-hydrogen) atoms. The van der Waals surface area contributed by atoms with Crippen LogP contribution >= 0.6 is 0 Å². The van der Waals surface area contributed by atoms with Crippen molar-refractivity contribution in [2.75, 3.05) is 6.54 Å². The van der Waals surface area contributed by atoms with Gasteiger partial charge in [-0.05, 0) is 12.0 Å². The molecule has 0 aliphatic rings. The average Bonchev–Trinajstić information content (AvgIpc) is 2.38. The molecule has 0 aliphatic carbocycles. The van der Waals surface area contributed by atoms with Gasteiger partial charge in [-0.25, -0.2) is 13.6 Å². The largest absolute Gasteiger partial charge is 0.479 e. The minimum atomic E-state index is -2.60. The normalized spacial score (nSPS) is 12.2. The zero-order valence-electron chi connectivity index (χ0n) is 11.3. The van der Waals surface area contributed by atoms with E-state index in [-0.39, 0.29) is 11.5 Å². The molecule has 1 amide bonds. The summed E-state index contributed by atoms with van der Waals surface area (Å²) in [7, 11) is 0. The van der Waals surface area contributed by atoms with E-state index < -0.39 is 18.4 Å². The highest BCUT2D eigenvalue weighted by Crippen LogP contribution is 2.25. The molecule has 0 spiro atoms. The number of amides is 1. The number of benzene rings is 1. The summed E-state index contributed by atoms with van der Waals surface area (Å²) in [6.07, 6.45) is -2.00. The molecular weight excluding hydrogens is 268 g/mol. The van der Waals surface area contributed by atoms with Crippen molar-refractivity contribution in [2.45, 2.75) is 32.7 Å². The Bertz CT molecular complexity index is 474. The summed E-state index contributed by atoms with van der Waals surface area (Å²) >= 11 is 0. The van der Waals surface area contributed by atoms with Crippen molar-refractivity contribution in [3.63, 3.8) is 0 Å². The van der Waals surface area contributed by atoms with E-state index in [9.17, 15) is 23.5 Å². The average molecular weight is 285 g/mol. The van der Waals surface area contributed by atoms with E-state index in [1.54, 1.807) is 0 Å². The lowest BCUT2D eigenvalue weighted by atomic mass is 10.0. The maximum absolute atomic E-state index is 12.5. The molecule has 0 fully saturated rings. The second kappa shape index (κ2) is 6.98. The highest BCUT2D eigenvalue weighted by molar-refractivity contribution is 5.83. The monoisotopic (exact) mass is 285 g/mol. The van der Waals surface area contributed by atoms with E-state index in [1.165, 1.54) is 36.1 Å². The molecule has 1 atom stereocenters. The molecule has 0 aromatic heterocycles. The van der Waals surface area contributed by atoms with Crippen molar-refractivity contribution in [1.82, 2.24) is 4.90 Å². The van der Waals surface area contributed by atoms with Crippen LogP contribution in [-0.2, 0) is 9.59 Å². The van der Waals surface area contributed by atoms with Crippen LogP contribution in [0, 0.1) is 0 Å². The quantitative estimate of drug-likeness (QED) is 0.874. The van der Waals surface area contributed by atoms with Crippen molar-refractivity contribution < 1.29 is 23.5 Å². The number of rotatable bonds is 6. The molecule has 6 heteroatoms. The van der Waals surface area contributed by atoms with E-state index in [4.69, 9.17) is 0 Å². The van der Waals surface area contributed by atoms with Crippen molar-refractivity contribution in [3.05, 3.63) is 35.4 Å². The first kappa shape index (κ1) is 16.1. The van der Waals surface area contributed by atoms with Crippen LogP contribution in [0.25, 0.3) is 0 Å². The molecule has 1 aromatic rings. The van der Waals surface area contributed by atoms with Crippen LogP contribution in [0.1, 0.15) is 43.9 Å². The van der Waals surface area contributed by atoms with Crippen molar-refractivity contribution in [1.29, 1.82) is 0 Å². The predicted octanol–water partition coefficient (Wildman–Crippen LogP) is 3.01. The second-order valence-corrected chi connectivity index (χ2v) is 4.42. The van der Waals surface area contributed by atoms with Gasteiger partial charge in [0.15, 0.2) is 6.04 Å². The standard InChI is InChI=1S/C14H17F2NO3/c1-3-8-17(9(2)18)12(14(19)20)10-4-6-11(7-5-10)13(15)16/h4-7,12-13H,3,8H2,1-2H3,(H,19,20). The topological polar surface area (TPSA) is 57.6 Å². The Hall–Kier alpha value is -1.98. The maximum Gasteiger partial charge on any atom is 0.331 e. The van der Waals surface area contributed by atoms with Crippen LogP contribution in [0.4, 0.5) is 8.78 Å². The van der Waals surface area contributed by atoms with Gasteiger partial charge in [-0.3, -0.25) is 4.79 Å². The number of carboxylic acid groups (broad SMARTS) is 1. The van der Waals surface area contributed by atoms with E-state index in [0.29, 0.717) is 18.5 Å². The fourth-order valence-electron chi connectivity index (χ4n) is 1.99. The Morgan fingerprint density at radius 1 is 1.20 bits per heavy atom. The fourth-order valence-corrected chi connectivity index (χ4v) is 1.99. The highest BCUT2D eigenvalue weighted by atomic mass is 19.3. The summed E-state index contributed by atoms with van der Waals surface area (Å²) in [6.45, 7) is 3.41. The number of nitrogens with zero attached hydrogens (tertiary/aromatic N) is 1. The Morgan fingerprint density at radius 2 is 1.70 bits per heavy atom. The molecule has 0 aliphatic heterocycles. The number of carbonyl (C=O) groups is 2. The number of hydrogen-bond donors (Lipinski definition) is 1. The molecule has 0 bridgehead atoms. The molecule has 0 saturated carbocycles. The van der Waals surface area contributed by atoms with Crippen LogP contribution in [0.15, 0.2) is 24.3 Å². The lowest BCUT2D eigenvalue weighted by molar-refractivity contribution is -0.149. The van der Waals surface area contributed by atoms with Crippen LogP contribution in [0.2, 0.25) is 0 Å². The molecular formula is C14H17F2NO3. The van der Waals surface area contributed by atoms with E-state index in [1.807, 2.05) is 6.92 Å². The lowest BCUT2D eigenvalue weighted by Crippen LogP contribution is -2.38. The number of halogens is 2. The first-order valence-corrected chi connectivity index (χ1v) is 6.26. The van der Waals surface area contributed by atoms with Gasteiger partial charge < -0.3 is 10.0 Å². The Balaban J connectivity index is 3.12. The molecule has 1 N–H and O–H groups in total. The number of aliphatic carboxylic acids is 1. The molecule has 1 aromatic carbocycles. The van der Waals surface area contributed by atoms with Gasteiger partial charge in [0.2, 0.25) is 5.91 Å². The van der Waals surface area contributed by atoms with Gasteiger partial charge in [0.25, 0.3) is 6.43 Å². The highest BCUT2D eigenvalue weighted by Gasteiger charge is 2.28. The van der Waals surface area contributed by atoms with Crippen molar-refractivity contribution in [2.24, 2.45) is 0 Å². The molecule has 0 saturated heterocycles. The second-order valence-electron chi connectivity index (χ2n) is 4.42. The van der Waals surface area contributed by atoms with Crippen LogP contribution in [0.5, 0.6) is 0 Å². The first-order valence-electron chi connectivity index (χ1n) is 6.26. The Morgan fingerprint density at radius 3 is 2.05 bits per heavy atom. The maximum atomic E-state index is 12.5. The minimum Gasteiger partial charge on any atom is -0.479 e. The van der Waals surface area contributed by atoms with Crippen molar-refractivity contribution in [3.8, 4) is 0 Å². The Kier molecular flexibility index (Phi) is 5.61. The Labute approximate surface area is 116 Å². The smallest absolute Gasteiger partial charge is 0.331 e. The zero-order chi connectivity index (χ0) is 15.3. The third-order valence-corrected chi connectivity index (χ3v) is 2.92. The third kappa shape index (κ3) is 3.76. The van der Waals surface area contributed by atoms with Crippen LogP contribution < -0.4 is 0 Å². The molecule has 4 nitrogen and oxygen atoms in total. The SMILES string of the molecule is CCCN(C(C)=O)C(C(=O)O)c1ccc(C(F)F)cc1. The summed E-state index contributed by atoms with van der Waals surface area (Å²) in [6, 6.07) is 3.86. The molecule has 110 valence electrons. The summed E-state index contributed by atoms with van der Waals surface area (Å²) in [5, 5.41) is 9.31. The first-order chi connectivity index (χ1) is 9.38. The van der Waals surface area contributed by atoms with Crippen molar-refractivity contribution >= 4 is 11.9 Å². The predicted molar refractivity (Wildman–Crippen MR) is 69.5 cm³/mol. The van der Waals surface area contributed by atoms with E-state index >= 15 is 0 Å². The van der Waals surface area contributed by atoms with Gasteiger partial charge in [0.1, 0.15) is 0 Å². The van der Waals surface area contributed by atoms with Gasteiger partial charge in [0.05, 0.1) is 0 Å². The van der Waals surface area contributed by atoms with Gasteiger partial charge >= 0.3 is 5.97 Å². The molecule has 0 heterocycles. The minimum absolute atomic E-state index is 0.178. The summed E-state index contributed by atoms with van der Waals surface area (Å²) in [5.41, 5.74) is 0.133. The van der Waals surface area contributed by atoms with E-state index in [0.717, 1.165) is 0 Å².